The highest BCUT2D eigenvalue weighted by Crippen LogP contribution is 2.18. The third kappa shape index (κ3) is 3.74. The molecule has 0 amide bonds. The molecule has 2 N–H and O–H groups in total. The third-order valence-corrected chi connectivity index (χ3v) is 3.20. The molecule has 21 heavy (non-hydrogen) atoms. The molecule has 2 rings (SSSR count). The maximum Gasteiger partial charge on any atom is 0.338 e. The number of hydrogen-bond donors (Lipinski definition) is 1. The van der Waals surface area contributed by atoms with Crippen LogP contribution in [0.15, 0.2) is 36.4 Å². The second kappa shape index (κ2) is 6.29. The van der Waals surface area contributed by atoms with Gasteiger partial charge in [-0.25, -0.2) is 4.79 Å². The number of benzene rings is 2. The molecule has 2 aromatic rings. The molecule has 0 aliphatic heterocycles. The SMILES string of the molecule is Cc1cc(C#N)ccc1COC(=O)c1cc(N)cc(Cl)c1. The van der Waals surface area contributed by atoms with E-state index in [0.717, 1.165) is 11.1 Å². The quantitative estimate of drug-likeness (QED) is 0.695. The molecule has 0 atom stereocenters. The van der Waals surface area contributed by atoms with E-state index in [1.807, 2.05) is 6.92 Å². The Balaban J connectivity index is 2.09. The van der Waals surface area contributed by atoms with Crippen LogP contribution >= 0.6 is 11.6 Å². The molecular weight excluding hydrogens is 288 g/mol. The molecule has 0 saturated heterocycles. The summed E-state index contributed by atoms with van der Waals surface area (Å²) in [4.78, 5) is 12.0. The summed E-state index contributed by atoms with van der Waals surface area (Å²) in [6, 6.07) is 11.8. The van der Waals surface area contributed by atoms with Crippen molar-refractivity contribution in [2.24, 2.45) is 0 Å². The zero-order chi connectivity index (χ0) is 15.4. The van der Waals surface area contributed by atoms with Crippen molar-refractivity contribution >= 4 is 23.3 Å². The van der Waals surface area contributed by atoms with Crippen molar-refractivity contribution in [1.82, 2.24) is 0 Å². The van der Waals surface area contributed by atoms with E-state index in [2.05, 4.69) is 6.07 Å². The Hall–Kier alpha value is -2.51. The highest BCUT2D eigenvalue weighted by Gasteiger charge is 2.10. The van der Waals surface area contributed by atoms with Gasteiger partial charge in [-0.3, -0.25) is 0 Å². The van der Waals surface area contributed by atoms with Gasteiger partial charge in [0.2, 0.25) is 0 Å². The van der Waals surface area contributed by atoms with E-state index in [-0.39, 0.29) is 6.61 Å². The lowest BCUT2D eigenvalue weighted by molar-refractivity contribution is 0.0472. The summed E-state index contributed by atoms with van der Waals surface area (Å²) in [5, 5.41) is 9.20. The summed E-state index contributed by atoms with van der Waals surface area (Å²) in [5.74, 6) is -0.493. The van der Waals surface area contributed by atoms with Crippen LogP contribution in [-0.4, -0.2) is 5.97 Å². The summed E-state index contributed by atoms with van der Waals surface area (Å²) in [7, 11) is 0. The number of rotatable bonds is 3. The standard InChI is InChI=1S/C16H13ClN2O2/c1-10-4-11(8-18)2-3-12(10)9-21-16(20)13-5-14(17)7-15(19)6-13/h2-7H,9,19H2,1H3. The molecule has 0 aromatic heterocycles. The molecule has 5 heteroatoms. The van der Waals surface area contributed by atoms with Crippen molar-refractivity contribution in [3.05, 3.63) is 63.7 Å². The van der Waals surface area contributed by atoms with Gasteiger partial charge < -0.3 is 10.5 Å². The number of nitriles is 1. The van der Waals surface area contributed by atoms with E-state index < -0.39 is 5.97 Å². The minimum absolute atomic E-state index is 0.128. The molecular formula is C16H13ClN2O2. The third-order valence-electron chi connectivity index (χ3n) is 2.99. The van der Waals surface area contributed by atoms with E-state index in [4.69, 9.17) is 27.3 Å². The second-order valence-electron chi connectivity index (χ2n) is 4.60. The lowest BCUT2D eigenvalue weighted by Gasteiger charge is -2.08. The van der Waals surface area contributed by atoms with Gasteiger partial charge in [0.25, 0.3) is 0 Å². The van der Waals surface area contributed by atoms with Gasteiger partial charge in [-0.2, -0.15) is 5.26 Å². The Morgan fingerprint density at radius 2 is 2.10 bits per heavy atom. The van der Waals surface area contributed by atoms with Crippen LogP contribution < -0.4 is 5.73 Å². The number of halogens is 1. The Bertz CT molecular complexity index is 715. The van der Waals surface area contributed by atoms with Crippen molar-refractivity contribution in [2.45, 2.75) is 13.5 Å². The molecule has 0 saturated carbocycles. The average Bonchev–Trinajstić information content (AvgIpc) is 2.44. The zero-order valence-electron chi connectivity index (χ0n) is 11.4. The largest absolute Gasteiger partial charge is 0.457 e. The van der Waals surface area contributed by atoms with Gasteiger partial charge in [-0.05, 0) is 48.4 Å². The van der Waals surface area contributed by atoms with Gasteiger partial charge in [0.15, 0.2) is 0 Å². The maximum absolute atomic E-state index is 12.0. The van der Waals surface area contributed by atoms with E-state index >= 15 is 0 Å². The predicted molar refractivity (Wildman–Crippen MR) is 80.9 cm³/mol. The van der Waals surface area contributed by atoms with Crippen LogP contribution in [-0.2, 0) is 11.3 Å². The number of esters is 1. The molecule has 2 aromatic carbocycles. The van der Waals surface area contributed by atoms with Gasteiger partial charge in [-0.15, -0.1) is 0 Å². The summed E-state index contributed by atoms with van der Waals surface area (Å²) in [6.07, 6.45) is 0. The summed E-state index contributed by atoms with van der Waals surface area (Å²) in [6.45, 7) is 1.99. The molecule has 0 aliphatic rings. The number of aryl methyl sites for hydroxylation is 1. The number of anilines is 1. The second-order valence-corrected chi connectivity index (χ2v) is 5.04. The smallest absolute Gasteiger partial charge is 0.338 e. The van der Waals surface area contributed by atoms with Crippen LogP contribution in [0.5, 0.6) is 0 Å². The molecule has 0 fully saturated rings. The van der Waals surface area contributed by atoms with E-state index in [9.17, 15) is 4.79 Å². The predicted octanol–water partition coefficient (Wildman–Crippen LogP) is 3.46. The number of carbonyl (C=O) groups is 1. The molecule has 0 aliphatic carbocycles. The fourth-order valence-corrected chi connectivity index (χ4v) is 2.13. The number of nitrogens with two attached hydrogens (primary N) is 1. The molecule has 0 bridgehead atoms. The minimum atomic E-state index is -0.493. The Morgan fingerprint density at radius 3 is 2.71 bits per heavy atom. The highest BCUT2D eigenvalue weighted by molar-refractivity contribution is 6.31. The van der Waals surface area contributed by atoms with Gasteiger partial charge in [-0.1, -0.05) is 17.7 Å². The number of nitrogen functional groups attached to an aromatic ring is 1. The summed E-state index contributed by atoms with van der Waals surface area (Å²) < 4.78 is 5.24. The highest BCUT2D eigenvalue weighted by atomic mass is 35.5. The minimum Gasteiger partial charge on any atom is -0.457 e. The topological polar surface area (TPSA) is 76.1 Å². The van der Waals surface area contributed by atoms with E-state index in [0.29, 0.717) is 21.8 Å². The molecule has 4 nitrogen and oxygen atoms in total. The summed E-state index contributed by atoms with van der Waals surface area (Å²) >= 11 is 5.85. The first-order valence-electron chi connectivity index (χ1n) is 6.22. The zero-order valence-corrected chi connectivity index (χ0v) is 12.1. The normalized spacial score (nSPS) is 9.95. The van der Waals surface area contributed by atoms with Crippen LogP contribution in [0.25, 0.3) is 0 Å². The Kier molecular flexibility index (Phi) is 4.46. The van der Waals surface area contributed by atoms with Crippen LogP contribution in [0, 0.1) is 18.3 Å². The first kappa shape index (κ1) is 14.9. The van der Waals surface area contributed by atoms with Crippen molar-refractivity contribution in [3.63, 3.8) is 0 Å². The molecule has 106 valence electrons. The van der Waals surface area contributed by atoms with Crippen molar-refractivity contribution in [3.8, 4) is 6.07 Å². The van der Waals surface area contributed by atoms with Crippen molar-refractivity contribution in [1.29, 1.82) is 5.26 Å². The monoisotopic (exact) mass is 300 g/mol. The van der Waals surface area contributed by atoms with Gasteiger partial charge in [0, 0.05) is 10.7 Å². The first-order valence-corrected chi connectivity index (χ1v) is 6.60. The Morgan fingerprint density at radius 1 is 1.33 bits per heavy atom. The van der Waals surface area contributed by atoms with E-state index in [1.54, 1.807) is 24.3 Å². The number of nitrogens with zero attached hydrogens (tertiary/aromatic N) is 1. The maximum atomic E-state index is 12.0. The number of hydrogen-bond acceptors (Lipinski definition) is 4. The van der Waals surface area contributed by atoms with Crippen molar-refractivity contribution < 1.29 is 9.53 Å². The lowest BCUT2D eigenvalue weighted by Crippen LogP contribution is -2.06. The number of ether oxygens (including phenoxy) is 1. The van der Waals surface area contributed by atoms with E-state index in [1.165, 1.54) is 12.1 Å². The first-order chi connectivity index (χ1) is 9.99. The fourth-order valence-electron chi connectivity index (χ4n) is 1.88. The van der Waals surface area contributed by atoms with Crippen LogP contribution in [0.3, 0.4) is 0 Å². The molecule has 0 heterocycles. The van der Waals surface area contributed by atoms with Gasteiger partial charge in [0.05, 0.1) is 17.2 Å². The van der Waals surface area contributed by atoms with Crippen molar-refractivity contribution in [2.75, 3.05) is 5.73 Å². The van der Waals surface area contributed by atoms with Crippen LogP contribution in [0.2, 0.25) is 5.02 Å². The lowest BCUT2D eigenvalue weighted by atomic mass is 10.1. The van der Waals surface area contributed by atoms with Crippen LogP contribution in [0.1, 0.15) is 27.0 Å². The number of carbonyl (C=O) groups excluding carboxylic acids is 1. The Labute approximate surface area is 127 Å². The molecule has 0 spiro atoms. The fraction of sp³-hybridized carbons (Fsp3) is 0.125. The summed E-state index contributed by atoms with van der Waals surface area (Å²) in [5.41, 5.74) is 8.67. The van der Waals surface area contributed by atoms with Crippen LogP contribution in [0.4, 0.5) is 5.69 Å². The average molecular weight is 301 g/mol. The molecule has 0 unspecified atom stereocenters. The molecule has 0 radical (unpaired) electrons. The van der Waals surface area contributed by atoms with Gasteiger partial charge >= 0.3 is 5.97 Å². The van der Waals surface area contributed by atoms with Gasteiger partial charge in [0.1, 0.15) is 6.61 Å².